The smallest absolute Gasteiger partial charge is 0.190 e. The molecule has 0 radical (unpaired) electrons. The van der Waals surface area contributed by atoms with E-state index in [0.717, 1.165) is 6.29 Å². The Balaban J connectivity index is 1.89. The van der Waals surface area contributed by atoms with Crippen LogP contribution in [0, 0.1) is 0 Å². The van der Waals surface area contributed by atoms with Crippen molar-refractivity contribution in [2.45, 2.75) is 70.0 Å². The van der Waals surface area contributed by atoms with Crippen LogP contribution in [0.2, 0.25) is 0 Å². The summed E-state index contributed by atoms with van der Waals surface area (Å²) in [5.41, 5.74) is 0. The van der Waals surface area contributed by atoms with Crippen LogP contribution in [0.1, 0.15) is 27.7 Å². The van der Waals surface area contributed by atoms with Crippen molar-refractivity contribution < 1.29 is 28.5 Å². The Morgan fingerprint density at radius 1 is 0.833 bits per heavy atom. The number of fused-ring (bicyclic) bond motifs is 3. The molecule has 3 aliphatic rings. The normalized spacial score (nSPS) is 48.6. The van der Waals surface area contributed by atoms with Gasteiger partial charge >= 0.3 is 0 Å². The number of carbonyl (C=O) groups excluding carboxylic acids is 1. The molecule has 18 heavy (non-hydrogen) atoms. The molecule has 0 amide bonds. The summed E-state index contributed by atoms with van der Waals surface area (Å²) in [7, 11) is 0. The molecule has 0 aromatic heterocycles. The molecule has 5 atom stereocenters. The summed E-state index contributed by atoms with van der Waals surface area (Å²) in [6, 6.07) is 0. The van der Waals surface area contributed by atoms with Crippen LogP contribution >= 0.6 is 0 Å². The predicted octanol–water partition coefficient (Wildman–Crippen LogP) is 0.582. The molecule has 0 aromatic rings. The molecule has 0 N–H and O–H groups in total. The van der Waals surface area contributed by atoms with Crippen molar-refractivity contribution in [3.8, 4) is 0 Å². The van der Waals surface area contributed by atoms with E-state index in [9.17, 15) is 4.79 Å². The van der Waals surface area contributed by atoms with Crippen LogP contribution in [-0.2, 0) is 28.5 Å². The molecule has 3 rings (SSSR count). The lowest BCUT2D eigenvalue weighted by Gasteiger charge is -2.34. The van der Waals surface area contributed by atoms with E-state index in [1.165, 1.54) is 0 Å². The highest BCUT2D eigenvalue weighted by Crippen LogP contribution is 2.43. The molecule has 0 bridgehead atoms. The maximum Gasteiger partial charge on any atom is 0.190 e. The van der Waals surface area contributed by atoms with Crippen LogP contribution in [0.15, 0.2) is 0 Å². The maximum atomic E-state index is 11.1. The molecule has 102 valence electrons. The highest BCUT2D eigenvalue weighted by Gasteiger charge is 2.60. The molecular weight excluding hydrogens is 240 g/mol. The molecule has 0 saturated carbocycles. The van der Waals surface area contributed by atoms with E-state index in [0.29, 0.717) is 0 Å². The minimum atomic E-state index is -0.745. The number of ether oxygens (including phenoxy) is 5. The third-order valence-corrected chi connectivity index (χ3v) is 3.32. The van der Waals surface area contributed by atoms with Gasteiger partial charge in [0.2, 0.25) is 0 Å². The Morgan fingerprint density at radius 3 is 2.06 bits per heavy atom. The van der Waals surface area contributed by atoms with Crippen LogP contribution < -0.4 is 0 Å². The van der Waals surface area contributed by atoms with Gasteiger partial charge < -0.3 is 28.5 Å². The van der Waals surface area contributed by atoms with Crippen LogP contribution in [0.25, 0.3) is 0 Å². The molecule has 6 nitrogen and oxygen atoms in total. The van der Waals surface area contributed by atoms with Crippen LogP contribution in [0.3, 0.4) is 0 Å². The Bertz CT molecular complexity index is 366. The number of aldehydes is 1. The quantitative estimate of drug-likeness (QED) is 0.641. The average molecular weight is 258 g/mol. The molecular formula is C12H18O6. The van der Waals surface area contributed by atoms with Gasteiger partial charge in [0.05, 0.1) is 0 Å². The molecule has 4 unspecified atom stereocenters. The first-order chi connectivity index (χ1) is 8.31. The summed E-state index contributed by atoms with van der Waals surface area (Å²) >= 11 is 0. The van der Waals surface area contributed by atoms with E-state index >= 15 is 0 Å². The van der Waals surface area contributed by atoms with Gasteiger partial charge in [-0.15, -0.1) is 0 Å². The molecule has 3 heterocycles. The fourth-order valence-corrected chi connectivity index (χ4v) is 2.75. The van der Waals surface area contributed by atoms with E-state index in [4.69, 9.17) is 23.7 Å². The Hall–Kier alpha value is -0.530. The van der Waals surface area contributed by atoms with Crippen molar-refractivity contribution in [3.05, 3.63) is 0 Å². The lowest BCUT2D eigenvalue weighted by molar-refractivity contribution is -0.226. The number of hydrogen-bond donors (Lipinski definition) is 0. The van der Waals surface area contributed by atoms with Crippen molar-refractivity contribution in [1.29, 1.82) is 0 Å². The summed E-state index contributed by atoms with van der Waals surface area (Å²) in [6.07, 6.45) is -1.72. The highest BCUT2D eigenvalue weighted by molar-refractivity contribution is 5.58. The summed E-state index contributed by atoms with van der Waals surface area (Å²) in [5, 5.41) is 0. The minimum Gasteiger partial charge on any atom is -0.342 e. The zero-order chi connectivity index (χ0) is 13.1. The maximum absolute atomic E-state index is 11.1. The predicted molar refractivity (Wildman–Crippen MR) is 58.6 cm³/mol. The van der Waals surface area contributed by atoms with Crippen molar-refractivity contribution in [2.24, 2.45) is 0 Å². The van der Waals surface area contributed by atoms with E-state index in [1.807, 2.05) is 13.8 Å². The fourth-order valence-electron chi connectivity index (χ4n) is 2.75. The number of rotatable bonds is 1. The second-order valence-corrected chi connectivity index (χ2v) is 5.77. The number of hydrogen-bond acceptors (Lipinski definition) is 6. The monoisotopic (exact) mass is 258 g/mol. The van der Waals surface area contributed by atoms with Gasteiger partial charge in [0.15, 0.2) is 24.2 Å². The van der Waals surface area contributed by atoms with E-state index in [2.05, 4.69) is 0 Å². The third kappa shape index (κ3) is 1.88. The first kappa shape index (κ1) is 12.5. The first-order valence-corrected chi connectivity index (χ1v) is 6.13. The van der Waals surface area contributed by atoms with Crippen molar-refractivity contribution in [3.63, 3.8) is 0 Å². The average Bonchev–Trinajstić information content (AvgIpc) is 2.71. The zero-order valence-electron chi connectivity index (χ0n) is 10.9. The second-order valence-electron chi connectivity index (χ2n) is 5.77. The van der Waals surface area contributed by atoms with Crippen LogP contribution in [0.5, 0.6) is 0 Å². The second kappa shape index (κ2) is 3.74. The molecule has 3 saturated heterocycles. The topological polar surface area (TPSA) is 63.2 Å². The van der Waals surface area contributed by atoms with E-state index in [-0.39, 0.29) is 12.2 Å². The van der Waals surface area contributed by atoms with E-state index < -0.39 is 30.1 Å². The standard InChI is InChI=1S/C12H18O6/c1-11(2)15-7-6(5-13)14-10-9(8(7)16-11)17-12(3,4)18-10/h5-10H,1-4H3/t6?,7?,8?,9?,10-/m1/s1. The van der Waals surface area contributed by atoms with Crippen molar-refractivity contribution in [2.75, 3.05) is 0 Å². The molecule has 3 fully saturated rings. The lowest BCUT2D eigenvalue weighted by Crippen LogP contribution is -2.55. The van der Waals surface area contributed by atoms with Gasteiger partial charge in [-0.3, -0.25) is 0 Å². The zero-order valence-corrected chi connectivity index (χ0v) is 10.9. The summed E-state index contributed by atoms with van der Waals surface area (Å²) in [4.78, 5) is 11.1. The fraction of sp³-hybridized carbons (Fsp3) is 0.917. The van der Waals surface area contributed by atoms with Gasteiger partial charge in [0, 0.05) is 0 Å². The van der Waals surface area contributed by atoms with Crippen molar-refractivity contribution in [1.82, 2.24) is 0 Å². The van der Waals surface area contributed by atoms with Gasteiger partial charge in [-0.1, -0.05) is 0 Å². The Labute approximate surface area is 105 Å². The molecule has 6 heteroatoms. The largest absolute Gasteiger partial charge is 0.342 e. The summed E-state index contributed by atoms with van der Waals surface area (Å²) in [6.45, 7) is 7.23. The highest BCUT2D eigenvalue weighted by atomic mass is 16.9. The molecule has 0 aliphatic carbocycles. The van der Waals surface area contributed by atoms with Crippen LogP contribution in [-0.4, -0.2) is 48.6 Å². The van der Waals surface area contributed by atoms with Gasteiger partial charge in [-0.05, 0) is 27.7 Å². The molecule has 0 spiro atoms. The van der Waals surface area contributed by atoms with Gasteiger partial charge in [0.1, 0.15) is 24.4 Å². The molecule has 0 aromatic carbocycles. The lowest BCUT2D eigenvalue weighted by atomic mass is 10.00. The SMILES string of the molecule is CC1(C)OC2C(C=O)O[C@@H]3OC(C)(C)OC3C2O1. The molecule has 3 aliphatic heterocycles. The number of carbonyl (C=O) groups is 1. The van der Waals surface area contributed by atoms with Gasteiger partial charge in [-0.25, -0.2) is 0 Å². The summed E-state index contributed by atoms with van der Waals surface area (Å²) in [5.74, 6) is -1.49. The van der Waals surface area contributed by atoms with Crippen LogP contribution in [0.4, 0.5) is 0 Å². The van der Waals surface area contributed by atoms with Crippen molar-refractivity contribution >= 4 is 6.29 Å². The van der Waals surface area contributed by atoms with Gasteiger partial charge in [-0.2, -0.15) is 0 Å². The third-order valence-electron chi connectivity index (χ3n) is 3.32. The Morgan fingerprint density at radius 2 is 1.39 bits per heavy atom. The van der Waals surface area contributed by atoms with Gasteiger partial charge in [0.25, 0.3) is 0 Å². The van der Waals surface area contributed by atoms with E-state index in [1.54, 1.807) is 13.8 Å². The first-order valence-electron chi connectivity index (χ1n) is 6.13. The minimum absolute atomic E-state index is 0.351. The Kier molecular flexibility index (Phi) is 2.60. The summed E-state index contributed by atoms with van der Waals surface area (Å²) < 4.78 is 28.5.